The summed E-state index contributed by atoms with van der Waals surface area (Å²) in [5.41, 5.74) is -2.00. The van der Waals surface area contributed by atoms with Crippen LogP contribution in [-0.2, 0) is 0 Å². The second-order valence-corrected chi connectivity index (χ2v) is 2.63. The van der Waals surface area contributed by atoms with Gasteiger partial charge < -0.3 is 20.1 Å². The number of carbonyl (C=O) groups is 3. The SMILES string of the molecule is O=C([O-])c1cccc(C(=O)O)c1C(=O)O.[Na+]. The van der Waals surface area contributed by atoms with Gasteiger partial charge in [-0.05, 0) is 6.07 Å². The number of hydrogen-bond donors (Lipinski definition) is 2. The summed E-state index contributed by atoms with van der Waals surface area (Å²) in [6.07, 6.45) is 0. The Morgan fingerprint density at radius 1 is 1.00 bits per heavy atom. The van der Waals surface area contributed by atoms with Gasteiger partial charge in [-0.15, -0.1) is 0 Å². The Bertz CT molecular complexity index is 421. The van der Waals surface area contributed by atoms with Crippen LogP contribution in [0.1, 0.15) is 31.1 Å². The third-order valence-corrected chi connectivity index (χ3v) is 1.73. The molecule has 0 aliphatic rings. The smallest absolute Gasteiger partial charge is 0.545 e. The molecule has 16 heavy (non-hydrogen) atoms. The van der Waals surface area contributed by atoms with Gasteiger partial charge >= 0.3 is 41.5 Å². The van der Waals surface area contributed by atoms with Crippen molar-refractivity contribution in [2.75, 3.05) is 0 Å². The van der Waals surface area contributed by atoms with Crippen LogP contribution in [0.4, 0.5) is 0 Å². The second kappa shape index (κ2) is 5.64. The Hall–Kier alpha value is -1.37. The van der Waals surface area contributed by atoms with Crippen molar-refractivity contribution in [1.82, 2.24) is 0 Å². The van der Waals surface area contributed by atoms with E-state index in [0.29, 0.717) is 0 Å². The molecular weight excluding hydrogens is 227 g/mol. The van der Waals surface area contributed by atoms with Gasteiger partial charge in [0.25, 0.3) is 0 Å². The van der Waals surface area contributed by atoms with Crippen LogP contribution in [0.3, 0.4) is 0 Å². The molecule has 0 unspecified atom stereocenters. The Labute approximate surface area is 112 Å². The van der Waals surface area contributed by atoms with Crippen molar-refractivity contribution in [3.05, 3.63) is 34.9 Å². The van der Waals surface area contributed by atoms with Gasteiger partial charge in [0.2, 0.25) is 0 Å². The number of carboxylic acid groups (broad SMARTS) is 3. The molecule has 0 saturated heterocycles. The number of carbonyl (C=O) groups excluding carboxylic acids is 1. The van der Waals surface area contributed by atoms with E-state index in [4.69, 9.17) is 10.2 Å². The Kier molecular flexibility index (Phi) is 5.16. The second-order valence-electron chi connectivity index (χ2n) is 2.63. The normalized spacial score (nSPS) is 9.00. The minimum absolute atomic E-state index is 0. The fourth-order valence-electron chi connectivity index (χ4n) is 1.13. The zero-order valence-electron chi connectivity index (χ0n) is 8.26. The molecule has 1 rings (SSSR count). The molecule has 2 N–H and O–H groups in total. The predicted octanol–water partition coefficient (Wildman–Crippen LogP) is -3.55. The number of rotatable bonds is 3. The van der Waals surface area contributed by atoms with E-state index < -0.39 is 34.6 Å². The first kappa shape index (κ1) is 14.6. The fraction of sp³-hybridized carbons (Fsp3) is 0. The van der Waals surface area contributed by atoms with Crippen LogP contribution in [-0.4, -0.2) is 28.1 Å². The van der Waals surface area contributed by atoms with Crippen molar-refractivity contribution >= 4 is 17.9 Å². The molecular formula is C9H5NaO6. The molecule has 0 amide bonds. The van der Waals surface area contributed by atoms with Crippen LogP contribution in [0.2, 0.25) is 0 Å². The van der Waals surface area contributed by atoms with Gasteiger partial charge in [0, 0.05) is 5.56 Å². The number of aromatic carboxylic acids is 3. The van der Waals surface area contributed by atoms with Crippen LogP contribution in [0.25, 0.3) is 0 Å². The number of benzene rings is 1. The number of carboxylic acids is 3. The van der Waals surface area contributed by atoms with Crippen LogP contribution in [0.15, 0.2) is 18.2 Å². The van der Waals surface area contributed by atoms with Gasteiger partial charge in [0.05, 0.1) is 17.1 Å². The minimum Gasteiger partial charge on any atom is -0.545 e. The molecule has 0 fully saturated rings. The molecule has 0 heterocycles. The largest absolute Gasteiger partial charge is 1.00 e. The molecule has 0 aliphatic carbocycles. The van der Waals surface area contributed by atoms with E-state index in [1.54, 1.807) is 0 Å². The quantitative estimate of drug-likeness (QED) is 0.521. The molecule has 6 nitrogen and oxygen atoms in total. The molecule has 0 saturated carbocycles. The molecule has 7 heteroatoms. The Balaban J connectivity index is 0.00000225. The first-order valence-electron chi connectivity index (χ1n) is 3.76. The molecule has 0 bridgehead atoms. The van der Waals surface area contributed by atoms with E-state index in [-0.39, 0.29) is 29.6 Å². The van der Waals surface area contributed by atoms with Crippen LogP contribution in [0.5, 0.6) is 0 Å². The molecule has 0 aliphatic heterocycles. The average Bonchev–Trinajstić information content (AvgIpc) is 2.16. The summed E-state index contributed by atoms with van der Waals surface area (Å²) in [6, 6.07) is 3.13. The van der Waals surface area contributed by atoms with E-state index in [1.807, 2.05) is 0 Å². The van der Waals surface area contributed by atoms with Crippen molar-refractivity contribution in [1.29, 1.82) is 0 Å². The van der Waals surface area contributed by atoms with Gasteiger partial charge in [-0.3, -0.25) is 0 Å². The maximum Gasteiger partial charge on any atom is 1.00 e. The predicted molar refractivity (Wildman–Crippen MR) is 44.7 cm³/mol. The summed E-state index contributed by atoms with van der Waals surface area (Å²) in [6.45, 7) is 0. The van der Waals surface area contributed by atoms with Crippen LogP contribution in [0, 0.1) is 0 Å². The topological polar surface area (TPSA) is 115 Å². The molecule has 0 spiro atoms. The van der Waals surface area contributed by atoms with Gasteiger partial charge in [0.15, 0.2) is 0 Å². The first-order chi connectivity index (χ1) is 6.95. The number of hydrogen-bond acceptors (Lipinski definition) is 4. The van der Waals surface area contributed by atoms with Gasteiger partial charge in [-0.1, -0.05) is 12.1 Å². The molecule has 0 radical (unpaired) electrons. The summed E-state index contributed by atoms with van der Waals surface area (Å²) in [7, 11) is 0. The Morgan fingerprint density at radius 3 is 1.88 bits per heavy atom. The van der Waals surface area contributed by atoms with Crippen LogP contribution >= 0.6 is 0 Å². The van der Waals surface area contributed by atoms with Crippen molar-refractivity contribution in [2.45, 2.75) is 0 Å². The molecule has 1 aromatic rings. The van der Waals surface area contributed by atoms with Crippen LogP contribution < -0.4 is 34.7 Å². The van der Waals surface area contributed by atoms with E-state index >= 15 is 0 Å². The average molecular weight is 232 g/mol. The summed E-state index contributed by atoms with van der Waals surface area (Å²) in [5, 5.41) is 27.9. The third-order valence-electron chi connectivity index (χ3n) is 1.73. The van der Waals surface area contributed by atoms with E-state index in [2.05, 4.69) is 0 Å². The minimum atomic E-state index is -1.73. The molecule has 0 aromatic heterocycles. The maximum absolute atomic E-state index is 10.7. The van der Waals surface area contributed by atoms with Gasteiger partial charge in [-0.25, -0.2) is 9.59 Å². The maximum atomic E-state index is 10.7. The monoisotopic (exact) mass is 232 g/mol. The van der Waals surface area contributed by atoms with Crippen molar-refractivity contribution in [2.24, 2.45) is 0 Å². The Morgan fingerprint density at radius 2 is 1.50 bits per heavy atom. The van der Waals surface area contributed by atoms with Crippen molar-refractivity contribution < 1.29 is 59.3 Å². The molecule has 1 aromatic carbocycles. The van der Waals surface area contributed by atoms with Gasteiger partial charge in [0.1, 0.15) is 0 Å². The fourth-order valence-corrected chi connectivity index (χ4v) is 1.13. The molecule has 78 valence electrons. The summed E-state index contributed by atoms with van der Waals surface area (Å²) in [5.74, 6) is -4.85. The zero-order valence-corrected chi connectivity index (χ0v) is 10.3. The van der Waals surface area contributed by atoms with E-state index in [1.165, 1.54) is 0 Å². The first-order valence-corrected chi connectivity index (χ1v) is 3.76. The third kappa shape index (κ3) is 2.82. The standard InChI is InChI=1S/C9H6O6.Na/c10-7(11)4-2-1-3-5(8(12)13)6(4)9(14)15;/h1-3H,(H,10,11)(H,12,13)(H,14,15);/q;+1/p-1. The molecule has 0 atom stereocenters. The van der Waals surface area contributed by atoms with E-state index in [9.17, 15) is 19.5 Å². The van der Waals surface area contributed by atoms with Crippen molar-refractivity contribution in [3.63, 3.8) is 0 Å². The zero-order chi connectivity index (χ0) is 11.6. The summed E-state index contributed by atoms with van der Waals surface area (Å²) in [4.78, 5) is 31.9. The van der Waals surface area contributed by atoms with E-state index in [0.717, 1.165) is 18.2 Å². The summed E-state index contributed by atoms with van der Waals surface area (Å²) < 4.78 is 0. The van der Waals surface area contributed by atoms with Crippen molar-refractivity contribution in [3.8, 4) is 0 Å². The van der Waals surface area contributed by atoms with Gasteiger partial charge in [-0.2, -0.15) is 0 Å². The summed E-state index contributed by atoms with van der Waals surface area (Å²) >= 11 is 0.